The van der Waals surface area contributed by atoms with E-state index in [1.54, 1.807) is 0 Å². The average Bonchev–Trinajstić information content (AvgIpc) is 3.12. The summed E-state index contributed by atoms with van der Waals surface area (Å²) < 4.78 is 11.5. The minimum Gasteiger partial charge on any atom is -0.473 e. The molecule has 0 amide bonds. The van der Waals surface area contributed by atoms with Gasteiger partial charge in [-0.05, 0) is 19.4 Å². The largest absolute Gasteiger partial charge is 0.473 e. The van der Waals surface area contributed by atoms with Gasteiger partial charge in [0.25, 0.3) is 0 Å². The summed E-state index contributed by atoms with van der Waals surface area (Å²) in [5.74, 6) is 1.85. The number of hydrogen-bond donors (Lipinski definition) is 2. The molecule has 0 aliphatic carbocycles. The monoisotopic (exact) mass is 332 g/mol. The van der Waals surface area contributed by atoms with E-state index in [-0.39, 0.29) is 12.1 Å². The van der Waals surface area contributed by atoms with E-state index in [1.807, 2.05) is 6.07 Å². The molecule has 0 radical (unpaired) electrons. The van der Waals surface area contributed by atoms with E-state index in [9.17, 15) is 0 Å². The lowest BCUT2D eigenvalue weighted by atomic mass is 10.1. The molecule has 24 heavy (non-hydrogen) atoms. The van der Waals surface area contributed by atoms with Crippen molar-refractivity contribution >= 4 is 11.8 Å². The molecule has 0 saturated carbocycles. The zero-order valence-corrected chi connectivity index (χ0v) is 14.3. The number of aromatic nitrogens is 3. The Balaban J connectivity index is 1.85. The predicted molar refractivity (Wildman–Crippen MR) is 90.8 cm³/mol. The maximum Gasteiger partial charge on any atom is 0.225 e. The number of nitrogens with zero attached hydrogens (tertiary/aromatic N) is 4. The highest BCUT2D eigenvalue weighted by atomic mass is 16.5. The standard InChI is InChI=1S/C16H24N6O2/c1-9(2)13-7-11(24-21-13)6-12-14(17)19-16(18)20-15(12)23-10-4-5-22(3)8-10/h7,9-10H,4-6,8H2,1-3H3,(H4,17,18,19,20). The first-order valence-corrected chi connectivity index (χ1v) is 8.15. The van der Waals surface area contributed by atoms with Gasteiger partial charge < -0.3 is 25.6 Å². The van der Waals surface area contributed by atoms with Gasteiger partial charge in [-0.15, -0.1) is 0 Å². The Morgan fingerprint density at radius 3 is 2.79 bits per heavy atom. The molecule has 8 heteroatoms. The summed E-state index contributed by atoms with van der Waals surface area (Å²) in [6.45, 7) is 5.97. The normalized spacial score (nSPS) is 18.4. The van der Waals surface area contributed by atoms with Crippen molar-refractivity contribution in [2.45, 2.75) is 38.7 Å². The van der Waals surface area contributed by atoms with Gasteiger partial charge >= 0.3 is 0 Å². The van der Waals surface area contributed by atoms with Crippen LogP contribution >= 0.6 is 0 Å². The molecule has 0 spiro atoms. The third-order valence-electron chi connectivity index (χ3n) is 4.16. The fraction of sp³-hybridized carbons (Fsp3) is 0.562. The molecule has 0 bridgehead atoms. The van der Waals surface area contributed by atoms with E-state index in [4.69, 9.17) is 20.7 Å². The lowest BCUT2D eigenvalue weighted by molar-refractivity contribution is 0.198. The van der Waals surface area contributed by atoms with Crippen LogP contribution in [0.25, 0.3) is 0 Å². The highest BCUT2D eigenvalue weighted by Gasteiger charge is 2.24. The van der Waals surface area contributed by atoms with E-state index in [1.165, 1.54) is 0 Å². The summed E-state index contributed by atoms with van der Waals surface area (Å²) in [4.78, 5) is 10.5. The van der Waals surface area contributed by atoms with E-state index in [0.29, 0.717) is 35.4 Å². The molecule has 2 aromatic rings. The van der Waals surface area contributed by atoms with Crippen LogP contribution in [0.3, 0.4) is 0 Å². The minimum atomic E-state index is 0.0726. The summed E-state index contributed by atoms with van der Waals surface area (Å²) in [5, 5.41) is 4.07. The van der Waals surface area contributed by atoms with E-state index < -0.39 is 0 Å². The van der Waals surface area contributed by atoms with Crippen molar-refractivity contribution < 1.29 is 9.26 Å². The molecule has 1 saturated heterocycles. The first-order valence-electron chi connectivity index (χ1n) is 8.15. The Morgan fingerprint density at radius 2 is 2.17 bits per heavy atom. The van der Waals surface area contributed by atoms with Crippen molar-refractivity contribution in [3.05, 3.63) is 23.1 Å². The maximum atomic E-state index is 6.05. The van der Waals surface area contributed by atoms with E-state index in [2.05, 4.69) is 40.9 Å². The third kappa shape index (κ3) is 3.59. The number of rotatable bonds is 5. The van der Waals surface area contributed by atoms with Crippen LogP contribution in [0, 0.1) is 0 Å². The quantitative estimate of drug-likeness (QED) is 0.844. The van der Waals surface area contributed by atoms with Gasteiger partial charge in [0.15, 0.2) is 0 Å². The smallest absolute Gasteiger partial charge is 0.225 e. The Hall–Kier alpha value is -2.35. The Bertz CT molecular complexity index is 715. The van der Waals surface area contributed by atoms with Crippen molar-refractivity contribution in [3.8, 4) is 5.88 Å². The fourth-order valence-electron chi connectivity index (χ4n) is 2.77. The Labute approximate surface area is 141 Å². The van der Waals surface area contributed by atoms with Gasteiger partial charge in [0.05, 0.1) is 11.3 Å². The van der Waals surface area contributed by atoms with Crippen LogP contribution in [0.2, 0.25) is 0 Å². The molecule has 1 unspecified atom stereocenters. The summed E-state index contributed by atoms with van der Waals surface area (Å²) >= 11 is 0. The molecule has 1 fully saturated rings. The number of hydrogen-bond acceptors (Lipinski definition) is 8. The van der Waals surface area contributed by atoms with E-state index >= 15 is 0 Å². The second-order valence-corrected chi connectivity index (χ2v) is 6.59. The molecule has 1 aliphatic rings. The first-order chi connectivity index (χ1) is 11.4. The highest BCUT2D eigenvalue weighted by Crippen LogP contribution is 2.28. The van der Waals surface area contributed by atoms with Gasteiger partial charge in [0, 0.05) is 25.6 Å². The highest BCUT2D eigenvalue weighted by molar-refractivity contribution is 5.50. The number of nitrogen functional groups attached to an aromatic ring is 2. The Kier molecular flexibility index (Phi) is 4.57. The zero-order valence-electron chi connectivity index (χ0n) is 14.3. The van der Waals surface area contributed by atoms with Crippen molar-refractivity contribution in [1.82, 2.24) is 20.0 Å². The molecule has 1 aliphatic heterocycles. The molecular formula is C16H24N6O2. The predicted octanol–water partition coefficient (Wildman–Crippen LogP) is 1.43. The van der Waals surface area contributed by atoms with Crippen LogP contribution in [-0.4, -0.2) is 46.3 Å². The summed E-state index contributed by atoms with van der Waals surface area (Å²) in [6, 6.07) is 1.92. The van der Waals surface area contributed by atoms with Gasteiger partial charge in [0.2, 0.25) is 11.8 Å². The van der Waals surface area contributed by atoms with E-state index in [0.717, 1.165) is 25.2 Å². The second kappa shape index (κ2) is 6.64. The maximum absolute atomic E-state index is 6.05. The van der Waals surface area contributed by atoms with Crippen LogP contribution in [0.15, 0.2) is 10.6 Å². The zero-order chi connectivity index (χ0) is 17.3. The van der Waals surface area contributed by atoms with Gasteiger partial charge in [-0.25, -0.2) is 0 Å². The molecule has 130 valence electrons. The van der Waals surface area contributed by atoms with Gasteiger partial charge in [-0.3, -0.25) is 0 Å². The molecule has 4 N–H and O–H groups in total. The molecule has 1 atom stereocenters. The van der Waals surface area contributed by atoms with Crippen molar-refractivity contribution in [1.29, 1.82) is 0 Å². The molecule has 8 nitrogen and oxygen atoms in total. The summed E-state index contributed by atoms with van der Waals surface area (Å²) in [7, 11) is 2.06. The lowest BCUT2D eigenvalue weighted by Gasteiger charge is -2.16. The van der Waals surface area contributed by atoms with Gasteiger partial charge in [-0.2, -0.15) is 9.97 Å². The van der Waals surface area contributed by atoms with Crippen LogP contribution < -0.4 is 16.2 Å². The topological polar surface area (TPSA) is 116 Å². The van der Waals surface area contributed by atoms with Crippen molar-refractivity contribution in [2.24, 2.45) is 0 Å². The SMILES string of the molecule is CC(C)c1cc(Cc2c(N)nc(N)nc2OC2CCN(C)C2)on1. The third-order valence-corrected chi connectivity index (χ3v) is 4.16. The summed E-state index contributed by atoms with van der Waals surface area (Å²) in [6.07, 6.45) is 1.44. The second-order valence-electron chi connectivity index (χ2n) is 6.59. The number of nitrogens with two attached hydrogens (primary N) is 2. The van der Waals surface area contributed by atoms with Crippen LogP contribution in [0.4, 0.5) is 11.8 Å². The average molecular weight is 332 g/mol. The van der Waals surface area contributed by atoms with Gasteiger partial charge in [0.1, 0.15) is 17.7 Å². The number of ether oxygens (including phenoxy) is 1. The van der Waals surface area contributed by atoms with Crippen LogP contribution in [0.1, 0.15) is 43.2 Å². The molecule has 2 aromatic heterocycles. The number of likely N-dealkylation sites (tertiary alicyclic amines) is 1. The minimum absolute atomic E-state index is 0.0726. The molecule has 0 aromatic carbocycles. The number of anilines is 2. The van der Waals surface area contributed by atoms with Gasteiger partial charge in [-0.1, -0.05) is 19.0 Å². The molecule has 3 rings (SSSR count). The van der Waals surface area contributed by atoms with Crippen molar-refractivity contribution in [3.63, 3.8) is 0 Å². The fourth-order valence-corrected chi connectivity index (χ4v) is 2.77. The molecular weight excluding hydrogens is 308 g/mol. The Morgan fingerprint density at radius 1 is 1.38 bits per heavy atom. The van der Waals surface area contributed by atoms with Crippen molar-refractivity contribution in [2.75, 3.05) is 31.6 Å². The first kappa shape index (κ1) is 16.5. The molecule has 3 heterocycles. The summed E-state index contributed by atoms with van der Waals surface area (Å²) in [5.41, 5.74) is 13.4. The number of likely N-dealkylation sites (N-methyl/N-ethyl adjacent to an activating group) is 1. The van der Waals surface area contributed by atoms with Crippen LogP contribution in [0.5, 0.6) is 5.88 Å². The van der Waals surface area contributed by atoms with Crippen LogP contribution in [-0.2, 0) is 6.42 Å². The lowest BCUT2D eigenvalue weighted by Crippen LogP contribution is -2.23.